The van der Waals surface area contributed by atoms with Crippen LogP contribution in [0.5, 0.6) is 0 Å². The van der Waals surface area contributed by atoms with Crippen LogP contribution in [-0.2, 0) is 33.4 Å². The van der Waals surface area contributed by atoms with Gasteiger partial charge in [-0.05, 0) is 43.9 Å². The lowest BCUT2D eigenvalue weighted by atomic mass is 10.2. The Bertz CT molecular complexity index is 1300. The van der Waals surface area contributed by atoms with Crippen molar-refractivity contribution in [2.24, 2.45) is 0 Å². The van der Waals surface area contributed by atoms with Crippen LogP contribution in [0.4, 0.5) is 4.39 Å². The third-order valence-corrected chi connectivity index (χ3v) is 8.07. The Morgan fingerprint density at radius 1 is 1.09 bits per heavy atom. The van der Waals surface area contributed by atoms with Gasteiger partial charge >= 0.3 is 0 Å². The lowest BCUT2D eigenvalue weighted by Gasteiger charge is -2.24. The van der Waals surface area contributed by atoms with Crippen molar-refractivity contribution in [2.75, 3.05) is 6.61 Å². The normalized spacial score (nSPS) is 18.0. The second kappa shape index (κ2) is 9.91. The van der Waals surface area contributed by atoms with E-state index < -0.39 is 21.4 Å². The monoisotopic (exact) mass is 497 g/mol. The van der Waals surface area contributed by atoms with Gasteiger partial charge in [-0.3, -0.25) is 4.79 Å². The van der Waals surface area contributed by atoms with Gasteiger partial charge in [0.15, 0.2) is 0 Å². The van der Waals surface area contributed by atoms with Crippen molar-refractivity contribution in [3.63, 3.8) is 0 Å². The summed E-state index contributed by atoms with van der Waals surface area (Å²) in [5, 5.41) is -0.117. The summed E-state index contributed by atoms with van der Waals surface area (Å²) in [5.74, 6) is -1.15. The quantitative estimate of drug-likeness (QED) is 0.447. The number of hydrogen-bond donors (Lipinski definition) is 0. The van der Waals surface area contributed by atoms with Crippen LogP contribution in [-0.4, -0.2) is 47.5 Å². The number of imidazole rings is 1. The first-order valence-corrected chi connectivity index (χ1v) is 13.6. The minimum absolute atomic E-state index is 0.0891. The van der Waals surface area contributed by atoms with Gasteiger partial charge in [-0.2, -0.15) is 0 Å². The molecule has 0 spiro atoms. The van der Waals surface area contributed by atoms with Crippen molar-refractivity contribution in [1.29, 1.82) is 0 Å². The summed E-state index contributed by atoms with van der Waals surface area (Å²) in [6.07, 6.45) is 4.95. The summed E-state index contributed by atoms with van der Waals surface area (Å²) in [7, 11) is -3.95. The molecule has 1 aliphatic carbocycles. The van der Waals surface area contributed by atoms with Crippen LogP contribution in [0.3, 0.4) is 0 Å². The van der Waals surface area contributed by atoms with Gasteiger partial charge in [0.05, 0.1) is 36.8 Å². The third-order valence-electron chi connectivity index (χ3n) is 6.49. The van der Waals surface area contributed by atoms with Crippen LogP contribution in [0.1, 0.15) is 47.3 Å². The van der Waals surface area contributed by atoms with E-state index in [0.29, 0.717) is 24.4 Å². The molecule has 1 atom stereocenters. The summed E-state index contributed by atoms with van der Waals surface area (Å²) in [5.41, 5.74) is 1.32. The van der Waals surface area contributed by atoms with E-state index in [0.717, 1.165) is 25.7 Å². The van der Waals surface area contributed by atoms with E-state index >= 15 is 0 Å². The number of ether oxygens (including phenoxy) is 1. The number of aromatic nitrogens is 2. The average molecular weight is 498 g/mol. The van der Waals surface area contributed by atoms with E-state index in [2.05, 4.69) is 4.98 Å². The number of rotatable bonds is 9. The zero-order valence-corrected chi connectivity index (χ0v) is 20.2. The lowest BCUT2D eigenvalue weighted by molar-refractivity contribution is 0.0718. The topological polar surface area (TPSA) is 81.5 Å². The second-order valence-electron chi connectivity index (χ2n) is 9.16. The zero-order chi connectivity index (χ0) is 24.4. The molecule has 2 aliphatic rings. The minimum Gasteiger partial charge on any atom is -0.376 e. The molecule has 1 aliphatic heterocycles. The van der Waals surface area contributed by atoms with Crippen molar-refractivity contribution < 1.29 is 22.3 Å². The van der Waals surface area contributed by atoms with E-state index in [1.807, 2.05) is 18.2 Å². The summed E-state index contributed by atoms with van der Waals surface area (Å²) >= 11 is 0. The Morgan fingerprint density at radius 2 is 1.83 bits per heavy atom. The molecule has 35 heavy (non-hydrogen) atoms. The highest BCUT2D eigenvalue weighted by Crippen LogP contribution is 2.31. The van der Waals surface area contributed by atoms with Crippen LogP contribution in [0.25, 0.3) is 0 Å². The van der Waals surface area contributed by atoms with Gasteiger partial charge in [0, 0.05) is 23.8 Å². The smallest absolute Gasteiger partial charge is 0.254 e. The molecular formula is C26H28FN3O4S. The molecule has 0 unspecified atom stereocenters. The zero-order valence-electron chi connectivity index (χ0n) is 19.3. The SMILES string of the molecule is O=C(c1ccccc1)N(Cc1cnc(S(=O)(=O)Cc2ccccc2F)n1C[C@H]1CCCO1)C1CC1. The van der Waals surface area contributed by atoms with Gasteiger partial charge in [-0.25, -0.2) is 17.8 Å². The Morgan fingerprint density at radius 3 is 2.51 bits per heavy atom. The fraction of sp³-hybridized carbons (Fsp3) is 0.385. The van der Waals surface area contributed by atoms with Crippen molar-refractivity contribution in [3.8, 4) is 0 Å². The molecule has 184 valence electrons. The molecule has 0 bridgehead atoms. The van der Waals surface area contributed by atoms with Gasteiger partial charge in [0.1, 0.15) is 5.82 Å². The Kier molecular flexibility index (Phi) is 6.71. The molecule has 2 heterocycles. The number of carbonyl (C=O) groups is 1. The molecule has 2 aromatic carbocycles. The number of carbonyl (C=O) groups excluding carboxylic acids is 1. The summed E-state index contributed by atoms with van der Waals surface area (Å²) in [6, 6.07) is 15.1. The van der Waals surface area contributed by atoms with Gasteiger partial charge in [-0.15, -0.1) is 0 Å². The summed E-state index contributed by atoms with van der Waals surface area (Å²) < 4.78 is 48.4. The molecule has 1 aromatic heterocycles. The van der Waals surface area contributed by atoms with Gasteiger partial charge in [-0.1, -0.05) is 36.4 Å². The van der Waals surface area contributed by atoms with Crippen LogP contribution in [0.2, 0.25) is 0 Å². The molecule has 9 heteroatoms. The van der Waals surface area contributed by atoms with E-state index in [9.17, 15) is 17.6 Å². The Hall–Kier alpha value is -3.04. The number of sulfone groups is 1. The number of halogens is 1. The van der Waals surface area contributed by atoms with Crippen molar-refractivity contribution >= 4 is 15.7 Å². The van der Waals surface area contributed by atoms with Crippen molar-refractivity contribution in [1.82, 2.24) is 14.5 Å². The Labute approximate surface area is 204 Å². The number of amides is 1. The molecule has 0 N–H and O–H groups in total. The standard InChI is InChI=1S/C26H28FN3O4S/c27-24-11-5-4-9-20(24)18-35(32,33)26-28-15-22(30(26)17-23-10-6-14-34-23)16-29(21-12-13-21)25(31)19-7-2-1-3-8-19/h1-5,7-9,11,15,21,23H,6,10,12-14,16-18H2/t23-/m1/s1. The molecule has 3 aromatic rings. The maximum Gasteiger partial charge on any atom is 0.254 e. The molecular weight excluding hydrogens is 469 g/mol. The van der Waals surface area contributed by atoms with Crippen LogP contribution >= 0.6 is 0 Å². The first-order chi connectivity index (χ1) is 16.9. The number of nitrogens with zero attached hydrogens (tertiary/aromatic N) is 3. The van der Waals surface area contributed by atoms with Crippen molar-refractivity contribution in [2.45, 2.75) is 61.8 Å². The number of hydrogen-bond acceptors (Lipinski definition) is 5. The molecule has 0 radical (unpaired) electrons. The number of benzene rings is 2. The molecule has 5 rings (SSSR count). The van der Waals surface area contributed by atoms with E-state index in [-0.39, 0.29) is 35.3 Å². The molecule has 1 saturated carbocycles. The first-order valence-electron chi connectivity index (χ1n) is 11.9. The maximum atomic E-state index is 14.2. The van der Waals surface area contributed by atoms with Gasteiger partial charge < -0.3 is 14.2 Å². The molecule has 7 nitrogen and oxygen atoms in total. The summed E-state index contributed by atoms with van der Waals surface area (Å²) in [4.78, 5) is 19.4. The van der Waals surface area contributed by atoms with Gasteiger partial charge in [0.25, 0.3) is 5.91 Å². The largest absolute Gasteiger partial charge is 0.376 e. The fourth-order valence-electron chi connectivity index (χ4n) is 4.51. The first kappa shape index (κ1) is 23.7. The average Bonchev–Trinajstić information content (AvgIpc) is 3.41. The van der Waals surface area contributed by atoms with E-state index in [1.54, 1.807) is 27.7 Å². The van der Waals surface area contributed by atoms with Crippen LogP contribution in [0.15, 0.2) is 66.0 Å². The lowest BCUT2D eigenvalue weighted by Crippen LogP contribution is -2.34. The highest BCUT2D eigenvalue weighted by Gasteiger charge is 2.35. The molecule has 2 fully saturated rings. The third kappa shape index (κ3) is 5.31. The van der Waals surface area contributed by atoms with E-state index in [4.69, 9.17) is 4.74 Å². The summed E-state index contributed by atoms with van der Waals surface area (Å²) in [6.45, 7) is 1.19. The maximum absolute atomic E-state index is 14.2. The highest BCUT2D eigenvalue weighted by molar-refractivity contribution is 7.90. The second-order valence-corrected chi connectivity index (χ2v) is 11.0. The van der Waals surface area contributed by atoms with Crippen LogP contribution < -0.4 is 0 Å². The van der Waals surface area contributed by atoms with E-state index in [1.165, 1.54) is 24.4 Å². The Balaban J connectivity index is 1.47. The van der Waals surface area contributed by atoms with Crippen molar-refractivity contribution in [3.05, 3.63) is 83.4 Å². The molecule has 1 amide bonds. The fourth-order valence-corrected chi connectivity index (χ4v) is 6.03. The minimum atomic E-state index is -3.95. The highest BCUT2D eigenvalue weighted by atomic mass is 32.2. The predicted octanol–water partition coefficient (Wildman–Crippen LogP) is 3.98. The van der Waals surface area contributed by atoms with Gasteiger partial charge in [0.2, 0.25) is 15.0 Å². The van der Waals surface area contributed by atoms with Crippen LogP contribution in [0, 0.1) is 5.82 Å². The predicted molar refractivity (Wildman–Crippen MR) is 128 cm³/mol. The molecule has 1 saturated heterocycles.